The third kappa shape index (κ3) is 2.07. The fraction of sp³-hybridized carbons (Fsp3) is 0.100. The zero-order valence-corrected chi connectivity index (χ0v) is 9.68. The Kier molecular flexibility index (Phi) is 2.72. The van der Waals surface area contributed by atoms with Crippen molar-refractivity contribution in [2.24, 2.45) is 0 Å². The van der Waals surface area contributed by atoms with Crippen LogP contribution < -0.4 is 5.73 Å². The topological polar surface area (TPSA) is 87.0 Å². The van der Waals surface area contributed by atoms with Crippen LogP contribution in [0.4, 0.5) is 11.5 Å². The highest BCUT2D eigenvalue weighted by Gasteiger charge is 2.13. The van der Waals surface area contributed by atoms with E-state index in [0.29, 0.717) is 11.5 Å². The molecule has 0 saturated heterocycles. The Morgan fingerprint density at radius 3 is 2.65 bits per heavy atom. The van der Waals surface area contributed by atoms with Crippen molar-refractivity contribution in [3.63, 3.8) is 0 Å². The molecular weight excluding hydrogens is 244 g/mol. The molecule has 88 valence electrons. The van der Waals surface area contributed by atoms with E-state index in [9.17, 15) is 10.1 Å². The van der Waals surface area contributed by atoms with Gasteiger partial charge >= 0.3 is 0 Å². The number of nitrogens with zero attached hydrogens (tertiary/aromatic N) is 3. The Morgan fingerprint density at radius 1 is 1.47 bits per heavy atom. The summed E-state index contributed by atoms with van der Waals surface area (Å²) in [5.41, 5.74) is 6.89. The summed E-state index contributed by atoms with van der Waals surface area (Å²) in [5.74, 6) is 0.386. The molecule has 0 fully saturated rings. The number of halogens is 1. The van der Waals surface area contributed by atoms with E-state index in [1.54, 1.807) is 16.8 Å². The number of aryl methyl sites for hydroxylation is 1. The summed E-state index contributed by atoms with van der Waals surface area (Å²) < 4.78 is 1.57. The lowest BCUT2D eigenvalue weighted by molar-refractivity contribution is -0.384. The Balaban J connectivity index is 2.51. The van der Waals surface area contributed by atoms with Gasteiger partial charge in [-0.15, -0.1) is 0 Å². The van der Waals surface area contributed by atoms with Gasteiger partial charge in [0.2, 0.25) is 0 Å². The van der Waals surface area contributed by atoms with Crippen molar-refractivity contribution in [2.45, 2.75) is 6.92 Å². The Hall–Kier alpha value is -2.08. The molecule has 2 rings (SSSR count). The second kappa shape index (κ2) is 4.06. The molecule has 0 bridgehead atoms. The maximum Gasteiger partial charge on any atom is 0.288 e. The van der Waals surface area contributed by atoms with Crippen LogP contribution in [-0.2, 0) is 0 Å². The average Bonchev–Trinajstić information content (AvgIpc) is 2.57. The van der Waals surface area contributed by atoms with Gasteiger partial charge in [0.05, 0.1) is 10.6 Å². The molecule has 1 aromatic heterocycles. The van der Waals surface area contributed by atoms with Crippen LogP contribution in [0.3, 0.4) is 0 Å². The summed E-state index contributed by atoms with van der Waals surface area (Å²) in [4.78, 5) is 10.1. The van der Waals surface area contributed by atoms with Crippen molar-refractivity contribution in [2.75, 3.05) is 5.73 Å². The summed E-state index contributed by atoms with van der Waals surface area (Å²) in [6.07, 6.45) is 0. The molecule has 0 saturated carbocycles. The first kappa shape index (κ1) is 11.4. The standard InChI is InChI=1S/C10H9ClN4O2/c1-6-4-10(12)13-14(6)7-2-3-9(15(16)17)8(11)5-7/h2-5H,1H3,(H2,12,13). The minimum Gasteiger partial charge on any atom is -0.382 e. The third-order valence-electron chi connectivity index (χ3n) is 2.28. The van der Waals surface area contributed by atoms with E-state index in [2.05, 4.69) is 5.10 Å². The highest BCUT2D eigenvalue weighted by Crippen LogP contribution is 2.27. The number of nitrogen functional groups attached to an aromatic ring is 1. The number of nitrogens with two attached hydrogens (primary N) is 1. The van der Waals surface area contributed by atoms with Gasteiger partial charge in [0, 0.05) is 17.8 Å². The Bertz CT molecular complexity index is 594. The van der Waals surface area contributed by atoms with Gasteiger partial charge in [-0.1, -0.05) is 11.6 Å². The molecule has 7 heteroatoms. The van der Waals surface area contributed by atoms with Gasteiger partial charge in [-0.3, -0.25) is 10.1 Å². The molecule has 0 spiro atoms. The average molecular weight is 253 g/mol. The summed E-state index contributed by atoms with van der Waals surface area (Å²) in [6, 6.07) is 6.10. The highest BCUT2D eigenvalue weighted by molar-refractivity contribution is 6.32. The van der Waals surface area contributed by atoms with Gasteiger partial charge in [-0.25, -0.2) is 4.68 Å². The number of benzene rings is 1. The number of aromatic nitrogens is 2. The van der Waals surface area contributed by atoms with E-state index in [1.165, 1.54) is 12.1 Å². The molecule has 2 N–H and O–H groups in total. The zero-order chi connectivity index (χ0) is 12.6. The van der Waals surface area contributed by atoms with Crippen molar-refractivity contribution in [1.29, 1.82) is 0 Å². The van der Waals surface area contributed by atoms with Crippen LogP contribution in [0.25, 0.3) is 5.69 Å². The molecule has 6 nitrogen and oxygen atoms in total. The largest absolute Gasteiger partial charge is 0.382 e. The summed E-state index contributed by atoms with van der Waals surface area (Å²) >= 11 is 5.82. The summed E-state index contributed by atoms with van der Waals surface area (Å²) in [5, 5.41) is 14.8. The van der Waals surface area contributed by atoms with E-state index >= 15 is 0 Å². The zero-order valence-electron chi connectivity index (χ0n) is 8.92. The molecule has 0 aliphatic rings. The van der Waals surface area contributed by atoms with Crippen molar-refractivity contribution < 1.29 is 4.92 Å². The molecule has 0 aliphatic heterocycles. The maximum absolute atomic E-state index is 10.6. The molecule has 0 aliphatic carbocycles. The lowest BCUT2D eigenvalue weighted by Crippen LogP contribution is -2.00. The van der Waals surface area contributed by atoms with E-state index in [4.69, 9.17) is 17.3 Å². The predicted octanol–water partition coefficient (Wildman–Crippen LogP) is 2.32. The number of nitro groups is 1. The molecule has 1 aromatic carbocycles. The van der Waals surface area contributed by atoms with Crippen LogP contribution in [0.5, 0.6) is 0 Å². The van der Waals surface area contributed by atoms with E-state index in [1.807, 2.05) is 6.92 Å². The Morgan fingerprint density at radius 2 is 2.18 bits per heavy atom. The van der Waals surface area contributed by atoms with Crippen molar-refractivity contribution >= 4 is 23.1 Å². The number of hydrogen-bond acceptors (Lipinski definition) is 4. The lowest BCUT2D eigenvalue weighted by atomic mass is 10.3. The quantitative estimate of drug-likeness (QED) is 0.656. The first-order valence-corrected chi connectivity index (χ1v) is 5.13. The minimum atomic E-state index is -0.531. The summed E-state index contributed by atoms with van der Waals surface area (Å²) in [7, 11) is 0. The number of anilines is 1. The van der Waals surface area contributed by atoms with Crippen molar-refractivity contribution in [3.05, 3.63) is 45.1 Å². The second-order valence-electron chi connectivity index (χ2n) is 3.52. The highest BCUT2D eigenvalue weighted by atomic mass is 35.5. The van der Waals surface area contributed by atoms with Gasteiger partial charge in [-0.2, -0.15) is 5.10 Å². The molecule has 1 heterocycles. The monoisotopic (exact) mass is 252 g/mol. The fourth-order valence-corrected chi connectivity index (χ4v) is 1.78. The summed E-state index contributed by atoms with van der Waals surface area (Å²) in [6.45, 7) is 1.83. The SMILES string of the molecule is Cc1cc(N)nn1-c1ccc([N+](=O)[O-])c(Cl)c1. The van der Waals surface area contributed by atoms with Gasteiger partial charge < -0.3 is 5.73 Å². The van der Waals surface area contributed by atoms with Crippen LogP contribution in [-0.4, -0.2) is 14.7 Å². The molecule has 0 unspecified atom stereocenters. The van der Waals surface area contributed by atoms with Crippen LogP contribution >= 0.6 is 11.6 Å². The second-order valence-corrected chi connectivity index (χ2v) is 3.92. The molecular formula is C10H9ClN4O2. The third-order valence-corrected chi connectivity index (χ3v) is 2.58. The number of rotatable bonds is 2. The molecule has 0 atom stereocenters. The Labute approximate surface area is 102 Å². The van der Waals surface area contributed by atoms with Gasteiger partial charge in [0.1, 0.15) is 10.8 Å². The van der Waals surface area contributed by atoms with Crippen LogP contribution in [0.15, 0.2) is 24.3 Å². The smallest absolute Gasteiger partial charge is 0.288 e. The van der Waals surface area contributed by atoms with Crippen LogP contribution in [0.2, 0.25) is 5.02 Å². The number of nitro benzene ring substituents is 1. The van der Waals surface area contributed by atoms with Crippen LogP contribution in [0, 0.1) is 17.0 Å². The predicted molar refractivity (Wildman–Crippen MR) is 64.4 cm³/mol. The van der Waals surface area contributed by atoms with Gasteiger partial charge in [0.25, 0.3) is 5.69 Å². The van der Waals surface area contributed by atoms with Crippen molar-refractivity contribution in [3.8, 4) is 5.69 Å². The molecule has 0 radical (unpaired) electrons. The molecule has 2 aromatic rings. The number of hydrogen-bond donors (Lipinski definition) is 1. The minimum absolute atomic E-state index is 0.0703. The fourth-order valence-electron chi connectivity index (χ4n) is 1.54. The lowest BCUT2D eigenvalue weighted by Gasteiger charge is -2.04. The molecule has 17 heavy (non-hydrogen) atoms. The van der Waals surface area contributed by atoms with Crippen LogP contribution in [0.1, 0.15) is 5.69 Å². The maximum atomic E-state index is 10.6. The van der Waals surface area contributed by atoms with E-state index < -0.39 is 4.92 Å². The normalized spacial score (nSPS) is 10.5. The molecule has 0 amide bonds. The first-order chi connectivity index (χ1) is 7.99. The van der Waals surface area contributed by atoms with Crippen molar-refractivity contribution in [1.82, 2.24) is 9.78 Å². The van der Waals surface area contributed by atoms with Gasteiger partial charge in [-0.05, 0) is 19.1 Å². The van der Waals surface area contributed by atoms with E-state index in [-0.39, 0.29) is 10.7 Å². The van der Waals surface area contributed by atoms with E-state index in [0.717, 1.165) is 5.69 Å². The van der Waals surface area contributed by atoms with Gasteiger partial charge in [0.15, 0.2) is 0 Å². The first-order valence-electron chi connectivity index (χ1n) is 4.75.